The van der Waals surface area contributed by atoms with Crippen molar-refractivity contribution in [2.75, 3.05) is 13.2 Å². The van der Waals surface area contributed by atoms with Crippen molar-refractivity contribution in [3.8, 4) is 0 Å². The second kappa shape index (κ2) is 9.55. The second-order valence-electron chi connectivity index (χ2n) is 1.74. The third kappa shape index (κ3) is 11.4. The predicted molar refractivity (Wildman–Crippen MR) is 41.3 cm³/mol. The number of carbonyl (C=O) groups excluding carboxylic acids is 2. The highest BCUT2D eigenvalue weighted by molar-refractivity contribution is 5.86. The van der Waals surface area contributed by atoms with Gasteiger partial charge in [-0.2, -0.15) is 0 Å². The molecule has 0 aliphatic rings. The van der Waals surface area contributed by atoms with E-state index in [4.69, 9.17) is 15.3 Å². The van der Waals surface area contributed by atoms with E-state index in [9.17, 15) is 4.79 Å². The van der Waals surface area contributed by atoms with Crippen LogP contribution in [0.15, 0.2) is 12.2 Å². The van der Waals surface area contributed by atoms with Gasteiger partial charge in [0.05, 0.1) is 6.61 Å². The summed E-state index contributed by atoms with van der Waals surface area (Å²) in [4.78, 5) is 18.8. The molecule has 0 spiro atoms. The van der Waals surface area contributed by atoms with Crippen LogP contribution < -0.4 is 0 Å². The van der Waals surface area contributed by atoms with Gasteiger partial charge in [-0.15, -0.1) is 0 Å². The third-order valence-electron chi connectivity index (χ3n) is 0.673. The Morgan fingerprint density at radius 1 is 1.75 bits per heavy atom. The molecule has 0 atom stereocenters. The van der Waals surface area contributed by atoms with Gasteiger partial charge in [0.2, 0.25) is 6.08 Å². The minimum absolute atomic E-state index is 0.0473. The summed E-state index contributed by atoms with van der Waals surface area (Å²) >= 11 is 0. The van der Waals surface area contributed by atoms with Gasteiger partial charge in [0.25, 0.3) is 0 Å². The molecule has 0 aromatic heterocycles. The summed E-state index contributed by atoms with van der Waals surface area (Å²) in [6, 6.07) is 0. The second-order valence-corrected chi connectivity index (χ2v) is 1.74. The smallest absolute Gasteiger partial charge is 0.333 e. The number of isocyanates is 1. The number of carbonyl (C=O) groups is 1. The molecule has 0 amide bonds. The molecule has 0 rings (SSSR count). The first kappa shape index (κ1) is 13.2. The van der Waals surface area contributed by atoms with Crippen molar-refractivity contribution in [2.24, 2.45) is 0 Å². The van der Waals surface area contributed by atoms with Crippen LogP contribution in [-0.2, 0) is 14.3 Å². The molecule has 0 fully saturated rings. The van der Waals surface area contributed by atoms with E-state index in [1.807, 2.05) is 0 Å². The molecule has 0 aliphatic carbocycles. The predicted octanol–water partition coefficient (Wildman–Crippen LogP) is -0.00103. The lowest BCUT2D eigenvalue weighted by Crippen LogP contribution is -2.08. The van der Waals surface area contributed by atoms with E-state index in [-0.39, 0.29) is 13.2 Å². The molecule has 12 heavy (non-hydrogen) atoms. The van der Waals surface area contributed by atoms with E-state index in [1.165, 1.54) is 0 Å². The van der Waals surface area contributed by atoms with Gasteiger partial charge in [-0.1, -0.05) is 6.58 Å². The van der Waals surface area contributed by atoms with Crippen LogP contribution in [0.1, 0.15) is 6.92 Å². The number of nitrogens with one attached hydrogen (secondary N) is 1. The Balaban J connectivity index is 0. The Morgan fingerprint density at radius 3 is 2.42 bits per heavy atom. The molecule has 0 saturated carbocycles. The number of hydrogen-bond acceptors (Lipinski definition) is 5. The van der Waals surface area contributed by atoms with Gasteiger partial charge >= 0.3 is 5.97 Å². The number of aliphatic hydroxyl groups excluding tert-OH is 1. The third-order valence-corrected chi connectivity index (χ3v) is 0.673. The minimum Gasteiger partial charge on any atom is -0.460 e. The monoisotopic (exact) mass is 173 g/mol. The summed E-state index contributed by atoms with van der Waals surface area (Å²) in [6.45, 7) is 4.81. The molecular formula is C7H11NO4. The van der Waals surface area contributed by atoms with E-state index in [0.29, 0.717) is 5.57 Å². The summed E-state index contributed by atoms with van der Waals surface area (Å²) in [5.41, 5.74) is 0.350. The molecule has 0 aromatic rings. The molecule has 68 valence electrons. The maximum absolute atomic E-state index is 10.5. The van der Waals surface area contributed by atoms with E-state index < -0.39 is 5.97 Å². The number of hydrogen-bond donors (Lipinski definition) is 2. The first-order valence-electron chi connectivity index (χ1n) is 3.07. The molecule has 0 bridgehead atoms. The van der Waals surface area contributed by atoms with E-state index in [0.717, 1.165) is 6.08 Å². The average molecular weight is 173 g/mol. The standard InChI is InChI=1S/C6H10O3.CHNO/c1-5(2)6(8)9-4-3-7;2-1-3/h7H,1,3-4H2,2H3;2H. The molecule has 0 unspecified atom stereocenters. The van der Waals surface area contributed by atoms with Crippen LogP contribution in [0.3, 0.4) is 0 Å². The van der Waals surface area contributed by atoms with Crippen LogP contribution in [0, 0.1) is 5.41 Å². The number of ether oxygens (including phenoxy) is 1. The van der Waals surface area contributed by atoms with Crippen LogP contribution in [0.25, 0.3) is 0 Å². The van der Waals surface area contributed by atoms with Crippen LogP contribution in [-0.4, -0.2) is 30.4 Å². The summed E-state index contributed by atoms with van der Waals surface area (Å²) in [5, 5.41) is 13.6. The molecular weight excluding hydrogens is 162 g/mol. The van der Waals surface area contributed by atoms with E-state index in [1.54, 1.807) is 6.92 Å². The lowest BCUT2D eigenvalue weighted by Gasteiger charge is -1.99. The highest BCUT2D eigenvalue weighted by Crippen LogP contribution is 1.89. The van der Waals surface area contributed by atoms with Crippen molar-refractivity contribution < 1.29 is 19.4 Å². The Hall–Kier alpha value is -1.45. The molecule has 2 N–H and O–H groups in total. The molecule has 0 heterocycles. The van der Waals surface area contributed by atoms with Gasteiger partial charge in [0.1, 0.15) is 6.61 Å². The zero-order valence-corrected chi connectivity index (χ0v) is 6.79. The normalized spacial score (nSPS) is 7.17. The topological polar surface area (TPSA) is 87.4 Å². The first-order valence-corrected chi connectivity index (χ1v) is 3.07. The molecule has 5 nitrogen and oxygen atoms in total. The maximum Gasteiger partial charge on any atom is 0.333 e. The lowest BCUT2D eigenvalue weighted by molar-refractivity contribution is -0.139. The Bertz CT molecular complexity index is 182. The van der Waals surface area contributed by atoms with Gasteiger partial charge < -0.3 is 9.84 Å². The van der Waals surface area contributed by atoms with Gasteiger partial charge in [0.15, 0.2) is 0 Å². The summed E-state index contributed by atoms with van der Waals surface area (Å²) in [7, 11) is 0. The quantitative estimate of drug-likeness (QED) is 0.272. The van der Waals surface area contributed by atoms with Gasteiger partial charge in [-0.25, -0.2) is 15.0 Å². The lowest BCUT2D eigenvalue weighted by atomic mass is 10.4. The fraction of sp³-hybridized carbons (Fsp3) is 0.429. The Labute approximate surface area is 70.2 Å². The molecule has 0 aromatic carbocycles. The van der Waals surface area contributed by atoms with Crippen molar-refractivity contribution in [1.29, 1.82) is 5.41 Å². The molecule has 0 saturated heterocycles. The number of rotatable bonds is 3. The van der Waals surface area contributed by atoms with Crippen molar-refractivity contribution in [3.05, 3.63) is 12.2 Å². The van der Waals surface area contributed by atoms with Crippen LogP contribution in [0.4, 0.5) is 0 Å². The maximum atomic E-state index is 10.5. The first-order chi connectivity index (χ1) is 5.59. The van der Waals surface area contributed by atoms with Crippen molar-refractivity contribution >= 4 is 12.0 Å². The number of aliphatic hydroxyl groups is 1. The Morgan fingerprint density at radius 2 is 2.17 bits per heavy atom. The number of esters is 1. The van der Waals surface area contributed by atoms with Crippen molar-refractivity contribution in [1.82, 2.24) is 0 Å². The van der Waals surface area contributed by atoms with Crippen LogP contribution in [0.2, 0.25) is 0 Å². The van der Waals surface area contributed by atoms with Crippen LogP contribution >= 0.6 is 0 Å². The Kier molecular flexibility index (Phi) is 10.5. The average Bonchev–Trinajstić information content (AvgIpc) is 2.01. The molecule has 5 heteroatoms. The summed E-state index contributed by atoms with van der Waals surface area (Å²) in [5.74, 6) is -0.455. The van der Waals surface area contributed by atoms with Crippen molar-refractivity contribution in [3.63, 3.8) is 0 Å². The fourth-order valence-corrected chi connectivity index (χ4v) is 0.262. The summed E-state index contributed by atoms with van der Waals surface area (Å²) in [6.07, 6.45) is 0.750. The highest BCUT2D eigenvalue weighted by Gasteiger charge is 1.99. The van der Waals surface area contributed by atoms with E-state index >= 15 is 0 Å². The minimum atomic E-state index is -0.455. The zero-order valence-electron chi connectivity index (χ0n) is 6.79. The van der Waals surface area contributed by atoms with Gasteiger partial charge in [-0.05, 0) is 6.92 Å². The fourth-order valence-electron chi connectivity index (χ4n) is 0.262. The van der Waals surface area contributed by atoms with Gasteiger partial charge in [-0.3, -0.25) is 0 Å². The zero-order chi connectivity index (χ0) is 9.98. The van der Waals surface area contributed by atoms with Gasteiger partial charge in [0, 0.05) is 5.57 Å². The van der Waals surface area contributed by atoms with Crippen LogP contribution in [0.5, 0.6) is 0 Å². The largest absolute Gasteiger partial charge is 0.460 e. The SMILES string of the molecule is C=C(C)C(=O)OCCO.N=C=O. The summed E-state index contributed by atoms with van der Waals surface area (Å²) < 4.78 is 4.46. The highest BCUT2D eigenvalue weighted by atomic mass is 16.5. The molecule has 0 aliphatic heterocycles. The van der Waals surface area contributed by atoms with Crippen molar-refractivity contribution in [2.45, 2.75) is 6.92 Å². The molecule has 0 radical (unpaired) electrons. The van der Waals surface area contributed by atoms with E-state index in [2.05, 4.69) is 11.3 Å².